The zero-order valence-electron chi connectivity index (χ0n) is 16.7. The normalized spacial score (nSPS) is 15.1. The van der Waals surface area contributed by atoms with Crippen LogP contribution in [0.4, 0.5) is 16.2 Å². The fourth-order valence-electron chi connectivity index (χ4n) is 4.62. The van der Waals surface area contributed by atoms with Crippen LogP contribution in [0, 0.1) is 0 Å². The van der Waals surface area contributed by atoms with Crippen LogP contribution in [0.1, 0.15) is 35.1 Å². The van der Waals surface area contributed by atoms with Crippen LogP contribution in [-0.2, 0) is 42.9 Å². The number of nitrogens with one attached hydrogen (secondary N) is 3. The van der Waals surface area contributed by atoms with Gasteiger partial charge in [-0.1, -0.05) is 6.07 Å². The molecule has 0 radical (unpaired) electrons. The lowest BCUT2D eigenvalue weighted by Gasteiger charge is -2.17. The number of aromatic nitrogens is 2. The summed E-state index contributed by atoms with van der Waals surface area (Å²) in [6.07, 6.45) is 7.66. The third-order valence-electron chi connectivity index (χ3n) is 5.94. The number of benzene rings is 2. The van der Waals surface area contributed by atoms with Crippen molar-refractivity contribution in [3.8, 4) is 0 Å². The molecular formula is C21H23N5O3S. The van der Waals surface area contributed by atoms with Gasteiger partial charge in [0.1, 0.15) is 0 Å². The molecule has 5 rings (SSSR count). The third kappa shape index (κ3) is 3.39. The highest BCUT2D eigenvalue weighted by molar-refractivity contribution is 7.91. The van der Waals surface area contributed by atoms with Gasteiger partial charge in [-0.25, -0.2) is 9.52 Å². The molecule has 2 amide bonds. The second-order valence-electron chi connectivity index (χ2n) is 7.94. The first-order chi connectivity index (χ1) is 14.4. The Labute approximate surface area is 174 Å². The molecule has 0 saturated carbocycles. The maximum absolute atomic E-state index is 12.6. The smallest absolute Gasteiger partial charge is 0.307 e. The van der Waals surface area contributed by atoms with E-state index >= 15 is 0 Å². The first kappa shape index (κ1) is 18.9. The molecule has 1 aromatic heterocycles. The lowest BCUT2D eigenvalue weighted by Crippen LogP contribution is -2.38. The van der Waals surface area contributed by atoms with E-state index in [9.17, 15) is 13.2 Å². The van der Waals surface area contributed by atoms with Gasteiger partial charge in [0.05, 0.1) is 17.4 Å². The van der Waals surface area contributed by atoms with E-state index in [-0.39, 0.29) is 0 Å². The summed E-state index contributed by atoms with van der Waals surface area (Å²) in [4.78, 5) is 12.6. The molecule has 3 N–H and O–H groups in total. The third-order valence-corrected chi connectivity index (χ3v) is 6.90. The van der Waals surface area contributed by atoms with Gasteiger partial charge < -0.3 is 5.32 Å². The fourth-order valence-corrected chi connectivity index (χ4v) is 5.40. The van der Waals surface area contributed by atoms with Crippen LogP contribution in [0.15, 0.2) is 30.5 Å². The lowest BCUT2D eigenvalue weighted by atomic mass is 9.99. The van der Waals surface area contributed by atoms with Gasteiger partial charge >= 0.3 is 16.2 Å². The SMILES string of the molecule is Cn1ncc2ccc(NS(=O)(=O)NC(=O)Nc3c4c(cc5c3CCC5)CCC4)cc21. The monoisotopic (exact) mass is 425 g/mol. The Kier molecular flexibility index (Phi) is 4.43. The van der Waals surface area contributed by atoms with E-state index in [1.165, 1.54) is 11.1 Å². The molecule has 8 nitrogen and oxygen atoms in total. The average Bonchev–Trinajstić information content (AvgIpc) is 3.41. The van der Waals surface area contributed by atoms with Gasteiger partial charge in [-0.3, -0.25) is 9.40 Å². The molecular weight excluding hydrogens is 402 g/mol. The maximum atomic E-state index is 12.6. The molecule has 3 aromatic rings. The minimum absolute atomic E-state index is 0.355. The highest BCUT2D eigenvalue weighted by Gasteiger charge is 2.26. The van der Waals surface area contributed by atoms with Gasteiger partial charge in [-0.05, 0) is 79.0 Å². The van der Waals surface area contributed by atoms with Crippen molar-refractivity contribution < 1.29 is 13.2 Å². The quantitative estimate of drug-likeness (QED) is 0.597. The molecule has 0 bridgehead atoms. The number of carbonyl (C=O) groups excluding carboxylic acids is 1. The predicted molar refractivity (Wildman–Crippen MR) is 116 cm³/mol. The van der Waals surface area contributed by atoms with Crippen LogP contribution >= 0.6 is 0 Å². The van der Waals surface area contributed by atoms with E-state index in [1.54, 1.807) is 36.1 Å². The van der Waals surface area contributed by atoms with E-state index in [1.807, 2.05) is 0 Å². The number of aryl methyl sites for hydroxylation is 3. The van der Waals surface area contributed by atoms with Crippen molar-refractivity contribution in [2.45, 2.75) is 38.5 Å². The standard InChI is InChI=1S/C21H23N5O3S/c1-26-19-11-16(9-8-15(19)12-22-26)24-30(28,29)25-21(27)23-20-17-6-2-4-13(17)10-14-5-3-7-18(14)20/h8-12,24H,2-7H2,1H3,(H2,23,25,27). The first-order valence-electron chi connectivity index (χ1n) is 10.1. The van der Waals surface area contributed by atoms with Crippen molar-refractivity contribution in [1.82, 2.24) is 14.5 Å². The fraction of sp³-hybridized carbons (Fsp3) is 0.333. The number of hydrogen-bond acceptors (Lipinski definition) is 4. The van der Waals surface area contributed by atoms with Gasteiger partial charge in [-0.15, -0.1) is 0 Å². The Hall–Kier alpha value is -3.07. The van der Waals surface area contributed by atoms with Crippen LogP contribution in [0.5, 0.6) is 0 Å². The number of amides is 2. The molecule has 0 saturated heterocycles. The van der Waals surface area contributed by atoms with E-state index < -0.39 is 16.2 Å². The summed E-state index contributed by atoms with van der Waals surface area (Å²) in [5, 5.41) is 7.88. The molecule has 2 aromatic carbocycles. The van der Waals surface area contributed by atoms with Crippen molar-refractivity contribution in [3.63, 3.8) is 0 Å². The van der Waals surface area contributed by atoms with Gasteiger partial charge in [0.25, 0.3) is 0 Å². The van der Waals surface area contributed by atoms with Crippen molar-refractivity contribution in [1.29, 1.82) is 0 Å². The summed E-state index contributed by atoms with van der Waals surface area (Å²) < 4.78 is 31.2. The summed E-state index contributed by atoms with van der Waals surface area (Å²) in [5.41, 5.74) is 6.80. The Morgan fingerprint density at radius 1 is 1.03 bits per heavy atom. The molecule has 0 aliphatic heterocycles. The van der Waals surface area contributed by atoms with E-state index in [4.69, 9.17) is 0 Å². The molecule has 1 heterocycles. The molecule has 2 aliphatic rings. The molecule has 30 heavy (non-hydrogen) atoms. The number of anilines is 2. The molecule has 0 unspecified atom stereocenters. The van der Waals surface area contributed by atoms with Crippen LogP contribution in [0.3, 0.4) is 0 Å². The topological polar surface area (TPSA) is 105 Å². The number of hydrogen-bond donors (Lipinski definition) is 3. The molecule has 0 atom stereocenters. The molecule has 2 aliphatic carbocycles. The van der Waals surface area contributed by atoms with Gasteiger partial charge in [0, 0.05) is 18.1 Å². The van der Waals surface area contributed by atoms with Crippen LogP contribution in [-0.4, -0.2) is 24.2 Å². The second kappa shape index (κ2) is 7.02. The first-order valence-corrected chi connectivity index (χ1v) is 11.6. The highest BCUT2D eigenvalue weighted by atomic mass is 32.2. The Morgan fingerprint density at radius 3 is 2.43 bits per heavy atom. The average molecular weight is 426 g/mol. The van der Waals surface area contributed by atoms with E-state index in [0.717, 1.165) is 66.2 Å². The lowest BCUT2D eigenvalue weighted by molar-refractivity contribution is 0.256. The largest absolute Gasteiger partial charge is 0.334 e. The van der Waals surface area contributed by atoms with Crippen molar-refractivity contribution in [2.24, 2.45) is 7.05 Å². The minimum atomic E-state index is -4.09. The predicted octanol–water partition coefficient (Wildman–Crippen LogP) is 3.03. The number of nitrogens with zero attached hydrogens (tertiary/aromatic N) is 2. The summed E-state index contributed by atoms with van der Waals surface area (Å²) in [7, 11) is -2.31. The number of carbonyl (C=O) groups is 1. The van der Waals surface area contributed by atoms with Crippen LogP contribution in [0.25, 0.3) is 10.9 Å². The summed E-state index contributed by atoms with van der Waals surface area (Å²) in [6.45, 7) is 0. The van der Waals surface area contributed by atoms with Crippen molar-refractivity contribution >= 4 is 38.5 Å². The Bertz CT molecular complexity index is 1250. The van der Waals surface area contributed by atoms with Gasteiger partial charge in [-0.2, -0.15) is 13.5 Å². The number of fused-ring (bicyclic) bond motifs is 3. The summed E-state index contributed by atoms with van der Waals surface area (Å²) in [5.74, 6) is 0. The van der Waals surface area contributed by atoms with Crippen molar-refractivity contribution in [3.05, 3.63) is 52.7 Å². The Morgan fingerprint density at radius 2 is 1.73 bits per heavy atom. The molecule has 0 fully saturated rings. The highest BCUT2D eigenvalue weighted by Crippen LogP contribution is 2.38. The Balaban J connectivity index is 1.34. The summed E-state index contributed by atoms with van der Waals surface area (Å²) >= 11 is 0. The summed E-state index contributed by atoms with van der Waals surface area (Å²) in [6, 6.07) is 6.60. The molecule has 9 heteroatoms. The van der Waals surface area contributed by atoms with Gasteiger partial charge in [0.2, 0.25) is 0 Å². The van der Waals surface area contributed by atoms with Crippen LogP contribution in [0.2, 0.25) is 0 Å². The van der Waals surface area contributed by atoms with Crippen LogP contribution < -0.4 is 14.8 Å². The molecule has 156 valence electrons. The minimum Gasteiger partial charge on any atom is -0.307 e. The number of rotatable bonds is 4. The maximum Gasteiger partial charge on any atom is 0.334 e. The van der Waals surface area contributed by atoms with Gasteiger partial charge in [0.15, 0.2) is 0 Å². The zero-order valence-corrected chi connectivity index (χ0v) is 17.5. The number of urea groups is 1. The van der Waals surface area contributed by atoms with E-state index in [0.29, 0.717) is 5.69 Å². The molecule has 0 spiro atoms. The second-order valence-corrected chi connectivity index (χ2v) is 9.35. The zero-order chi connectivity index (χ0) is 20.9. The van der Waals surface area contributed by atoms with E-state index in [2.05, 4.69) is 25.9 Å². The van der Waals surface area contributed by atoms with Crippen molar-refractivity contribution in [2.75, 3.05) is 10.0 Å².